The van der Waals surface area contributed by atoms with Crippen LogP contribution in [0.15, 0.2) is 12.1 Å². The number of nitro benzene ring substituents is 1. The van der Waals surface area contributed by atoms with Gasteiger partial charge in [-0.2, -0.15) is 5.26 Å². The standard InChI is InChI=1S/C12H15N3O3/c1-7(2)3-10(14)9-4-8(6-13)5-11(12(9)16)15(17)18/h4-5,7,10,16H,3,14H2,1-2H3/t10-/m0/s1. The molecule has 0 amide bonds. The van der Waals surface area contributed by atoms with Crippen molar-refractivity contribution in [1.82, 2.24) is 0 Å². The molecule has 1 aromatic rings. The maximum Gasteiger partial charge on any atom is 0.312 e. The van der Waals surface area contributed by atoms with Crippen molar-refractivity contribution < 1.29 is 10.0 Å². The molecule has 0 aromatic heterocycles. The first-order valence-electron chi connectivity index (χ1n) is 5.53. The topological polar surface area (TPSA) is 113 Å². The first-order chi connectivity index (χ1) is 8.36. The molecule has 0 unspecified atom stereocenters. The Morgan fingerprint density at radius 2 is 2.17 bits per heavy atom. The van der Waals surface area contributed by atoms with Gasteiger partial charge in [0, 0.05) is 17.7 Å². The van der Waals surface area contributed by atoms with Crippen molar-refractivity contribution in [2.24, 2.45) is 11.7 Å². The number of nitrogens with zero attached hydrogens (tertiary/aromatic N) is 2. The summed E-state index contributed by atoms with van der Waals surface area (Å²) in [5.74, 6) is -0.170. The van der Waals surface area contributed by atoms with E-state index in [-0.39, 0.29) is 17.0 Å². The summed E-state index contributed by atoms with van der Waals surface area (Å²) in [5.41, 5.74) is 5.78. The fourth-order valence-electron chi connectivity index (χ4n) is 1.76. The highest BCUT2D eigenvalue weighted by molar-refractivity contribution is 5.56. The minimum Gasteiger partial charge on any atom is -0.502 e. The van der Waals surface area contributed by atoms with E-state index in [0.29, 0.717) is 6.42 Å². The number of aromatic hydroxyl groups is 1. The maximum absolute atomic E-state index is 10.8. The summed E-state index contributed by atoms with van der Waals surface area (Å²) in [7, 11) is 0. The fourth-order valence-corrected chi connectivity index (χ4v) is 1.76. The number of nitro groups is 1. The van der Waals surface area contributed by atoms with E-state index >= 15 is 0 Å². The molecule has 0 aliphatic heterocycles. The number of phenols is 1. The molecule has 96 valence electrons. The third-order valence-electron chi connectivity index (χ3n) is 2.57. The van der Waals surface area contributed by atoms with Crippen LogP contribution in [0, 0.1) is 27.4 Å². The number of hydrogen-bond donors (Lipinski definition) is 2. The van der Waals surface area contributed by atoms with Gasteiger partial charge in [0.15, 0.2) is 5.75 Å². The van der Waals surface area contributed by atoms with Crippen LogP contribution < -0.4 is 5.73 Å². The summed E-state index contributed by atoms with van der Waals surface area (Å²) in [4.78, 5) is 10.1. The van der Waals surface area contributed by atoms with Crippen LogP contribution in [0.3, 0.4) is 0 Å². The highest BCUT2D eigenvalue weighted by Crippen LogP contribution is 2.35. The van der Waals surface area contributed by atoms with E-state index in [2.05, 4.69) is 0 Å². The predicted octanol–water partition coefficient (Wildman–Crippen LogP) is 2.22. The van der Waals surface area contributed by atoms with Crippen LogP contribution in [0.1, 0.15) is 37.4 Å². The molecule has 0 saturated carbocycles. The highest BCUT2D eigenvalue weighted by atomic mass is 16.6. The SMILES string of the molecule is CC(C)C[C@H](N)c1cc(C#N)cc([N+](=O)[O-])c1O. The molecule has 0 fully saturated rings. The second-order valence-electron chi connectivity index (χ2n) is 4.54. The molecule has 0 bridgehead atoms. The van der Waals surface area contributed by atoms with Gasteiger partial charge in [0.25, 0.3) is 0 Å². The van der Waals surface area contributed by atoms with E-state index in [9.17, 15) is 15.2 Å². The Morgan fingerprint density at radius 1 is 1.56 bits per heavy atom. The van der Waals surface area contributed by atoms with Crippen LogP contribution >= 0.6 is 0 Å². The Balaban J connectivity index is 3.30. The zero-order valence-electron chi connectivity index (χ0n) is 10.3. The van der Waals surface area contributed by atoms with E-state index < -0.39 is 22.4 Å². The van der Waals surface area contributed by atoms with E-state index in [1.165, 1.54) is 6.07 Å². The smallest absolute Gasteiger partial charge is 0.312 e. The molecule has 0 aliphatic carbocycles. The second-order valence-corrected chi connectivity index (χ2v) is 4.54. The maximum atomic E-state index is 10.8. The predicted molar refractivity (Wildman–Crippen MR) is 65.9 cm³/mol. The Bertz CT molecular complexity index is 506. The summed E-state index contributed by atoms with van der Waals surface area (Å²) < 4.78 is 0. The number of benzene rings is 1. The van der Waals surface area contributed by atoms with Crippen LogP contribution in [0.4, 0.5) is 5.69 Å². The zero-order valence-corrected chi connectivity index (χ0v) is 10.3. The summed E-state index contributed by atoms with van der Waals surface area (Å²) in [5, 5.41) is 29.4. The van der Waals surface area contributed by atoms with Gasteiger partial charge in [-0.25, -0.2) is 0 Å². The lowest BCUT2D eigenvalue weighted by Gasteiger charge is -2.16. The summed E-state index contributed by atoms with van der Waals surface area (Å²) in [6, 6.07) is 3.74. The van der Waals surface area contributed by atoms with Crippen LogP contribution in [-0.4, -0.2) is 10.0 Å². The molecule has 1 atom stereocenters. The Hall–Kier alpha value is -2.13. The summed E-state index contributed by atoms with van der Waals surface area (Å²) in [6.45, 7) is 3.92. The van der Waals surface area contributed by atoms with Gasteiger partial charge in [-0.1, -0.05) is 13.8 Å². The Morgan fingerprint density at radius 3 is 2.61 bits per heavy atom. The van der Waals surface area contributed by atoms with Crippen molar-refractivity contribution in [2.75, 3.05) is 0 Å². The van der Waals surface area contributed by atoms with E-state index in [1.807, 2.05) is 19.9 Å². The lowest BCUT2D eigenvalue weighted by molar-refractivity contribution is -0.386. The van der Waals surface area contributed by atoms with Crippen LogP contribution in [0.25, 0.3) is 0 Å². The van der Waals surface area contributed by atoms with Crippen molar-refractivity contribution in [3.63, 3.8) is 0 Å². The van der Waals surface area contributed by atoms with Gasteiger partial charge in [-0.15, -0.1) is 0 Å². The minimum atomic E-state index is -0.720. The minimum absolute atomic E-state index is 0.119. The summed E-state index contributed by atoms with van der Waals surface area (Å²) >= 11 is 0. The van der Waals surface area contributed by atoms with Gasteiger partial charge in [0.1, 0.15) is 0 Å². The number of nitriles is 1. The number of nitrogens with two attached hydrogens (primary N) is 1. The van der Waals surface area contributed by atoms with Crippen molar-refractivity contribution in [3.05, 3.63) is 33.4 Å². The molecular weight excluding hydrogens is 234 g/mol. The van der Waals surface area contributed by atoms with Gasteiger partial charge in [0.05, 0.1) is 16.6 Å². The van der Waals surface area contributed by atoms with E-state index in [1.54, 1.807) is 0 Å². The average Bonchev–Trinajstić information content (AvgIpc) is 2.27. The molecule has 18 heavy (non-hydrogen) atoms. The quantitative estimate of drug-likeness (QED) is 0.627. The first-order valence-corrected chi connectivity index (χ1v) is 5.53. The second kappa shape index (κ2) is 5.47. The van der Waals surface area contributed by atoms with Gasteiger partial charge in [0.2, 0.25) is 0 Å². The lowest BCUT2D eigenvalue weighted by atomic mass is 9.95. The monoisotopic (exact) mass is 249 g/mol. The van der Waals surface area contributed by atoms with Crippen LogP contribution in [-0.2, 0) is 0 Å². The third kappa shape index (κ3) is 2.96. The van der Waals surface area contributed by atoms with Crippen LogP contribution in [0.5, 0.6) is 5.75 Å². The average molecular weight is 249 g/mol. The largest absolute Gasteiger partial charge is 0.502 e. The van der Waals surface area contributed by atoms with Crippen LogP contribution in [0.2, 0.25) is 0 Å². The first kappa shape index (κ1) is 13.9. The fraction of sp³-hybridized carbons (Fsp3) is 0.417. The number of rotatable bonds is 4. The molecule has 0 saturated heterocycles. The molecule has 6 nitrogen and oxygen atoms in total. The molecule has 0 heterocycles. The Kier molecular flexibility index (Phi) is 4.23. The third-order valence-corrected chi connectivity index (χ3v) is 2.57. The van der Waals surface area contributed by atoms with Crippen molar-refractivity contribution in [2.45, 2.75) is 26.3 Å². The molecule has 1 rings (SSSR count). The molecule has 3 N–H and O–H groups in total. The highest BCUT2D eigenvalue weighted by Gasteiger charge is 2.23. The van der Waals surface area contributed by atoms with E-state index in [0.717, 1.165) is 6.07 Å². The number of hydrogen-bond acceptors (Lipinski definition) is 5. The van der Waals surface area contributed by atoms with Crippen molar-refractivity contribution >= 4 is 5.69 Å². The Labute approximate surface area is 105 Å². The van der Waals surface area contributed by atoms with E-state index in [4.69, 9.17) is 11.0 Å². The lowest BCUT2D eigenvalue weighted by Crippen LogP contribution is -2.13. The zero-order chi connectivity index (χ0) is 13.9. The van der Waals surface area contributed by atoms with Gasteiger partial charge < -0.3 is 10.8 Å². The van der Waals surface area contributed by atoms with Crippen molar-refractivity contribution in [1.29, 1.82) is 5.26 Å². The molecule has 1 aromatic carbocycles. The molecule has 0 aliphatic rings. The normalized spacial score (nSPS) is 12.2. The molecule has 0 spiro atoms. The van der Waals surface area contributed by atoms with Crippen molar-refractivity contribution in [3.8, 4) is 11.8 Å². The van der Waals surface area contributed by atoms with Gasteiger partial charge >= 0.3 is 5.69 Å². The number of phenolic OH excluding ortho intramolecular Hbond substituents is 1. The van der Waals surface area contributed by atoms with Gasteiger partial charge in [-0.05, 0) is 18.4 Å². The molecular formula is C12H15N3O3. The van der Waals surface area contributed by atoms with Gasteiger partial charge in [-0.3, -0.25) is 10.1 Å². The molecule has 0 radical (unpaired) electrons. The summed E-state index contributed by atoms with van der Waals surface area (Å²) in [6.07, 6.45) is 0.569. The molecule has 6 heteroatoms.